The fraction of sp³-hybridized carbons (Fsp3) is 0.385. The molecule has 0 N–H and O–H groups in total. The predicted molar refractivity (Wildman–Crippen MR) is 135 cm³/mol. The molecule has 0 radical (unpaired) electrons. The van der Waals surface area contributed by atoms with Crippen molar-refractivity contribution in [3.05, 3.63) is 65.9 Å². The molecule has 0 unspecified atom stereocenters. The van der Waals surface area contributed by atoms with E-state index in [0.717, 1.165) is 16.8 Å². The lowest BCUT2D eigenvalue weighted by Crippen LogP contribution is -2.52. The number of aryl methyl sites for hydroxylation is 1. The molecule has 0 aliphatic carbocycles. The molecule has 3 heterocycles. The van der Waals surface area contributed by atoms with E-state index >= 15 is 0 Å². The van der Waals surface area contributed by atoms with E-state index < -0.39 is 9.84 Å². The van der Waals surface area contributed by atoms with Crippen LogP contribution in [-0.4, -0.2) is 84.7 Å². The molecule has 184 valence electrons. The molecule has 35 heavy (non-hydrogen) atoms. The third kappa shape index (κ3) is 4.97. The first-order valence-corrected chi connectivity index (χ1v) is 13.7. The highest BCUT2D eigenvalue weighted by Gasteiger charge is 2.35. The monoisotopic (exact) mass is 494 g/mol. The molecular weight excluding hydrogens is 464 g/mol. The van der Waals surface area contributed by atoms with Gasteiger partial charge in [0.15, 0.2) is 9.84 Å². The average Bonchev–Trinajstić information content (AvgIpc) is 3.48. The molecule has 1 aromatic heterocycles. The third-order valence-corrected chi connectivity index (χ3v) is 8.66. The van der Waals surface area contributed by atoms with E-state index in [1.54, 1.807) is 18.0 Å². The average molecular weight is 495 g/mol. The summed E-state index contributed by atoms with van der Waals surface area (Å²) in [5, 5.41) is 4.80. The minimum atomic E-state index is -2.93. The van der Waals surface area contributed by atoms with E-state index in [2.05, 4.69) is 4.90 Å². The molecule has 1 amide bonds. The van der Waals surface area contributed by atoms with Crippen LogP contribution in [0.5, 0.6) is 5.75 Å². The van der Waals surface area contributed by atoms with E-state index in [9.17, 15) is 13.2 Å². The second-order valence-electron chi connectivity index (χ2n) is 9.29. The lowest BCUT2D eigenvalue weighted by molar-refractivity contribution is 0.0588. The highest BCUT2D eigenvalue weighted by atomic mass is 32.2. The van der Waals surface area contributed by atoms with Gasteiger partial charge in [-0.3, -0.25) is 9.69 Å². The van der Waals surface area contributed by atoms with Crippen molar-refractivity contribution in [3.8, 4) is 22.7 Å². The summed E-state index contributed by atoms with van der Waals surface area (Å²) >= 11 is 0. The van der Waals surface area contributed by atoms with Crippen molar-refractivity contribution >= 4 is 15.7 Å². The maximum atomic E-state index is 13.7. The quantitative estimate of drug-likeness (QED) is 0.542. The first kappa shape index (κ1) is 23.6. The highest BCUT2D eigenvalue weighted by molar-refractivity contribution is 7.91. The van der Waals surface area contributed by atoms with Gasteiger partial charge in [-0.1, -0.05) is 29.8 Å². The van der Waals surface area contributed by atoms with Crippen LogP contribution in [0.4, 0.5) is 0 Å². The van der Waals surface area contributed by atoms with Gasteiger partial charge in [-0.25, -0.2) is 13.1 Å². The number of aromatic nitrogens is 2. The van der Waals surface area contributed by atoms with Crippen LogP contribution in [0.25, 0.3) is 16.9 Å². The summed E-state index contributed by atoms with van der Waals surface area (Å²) in [5.41, 5.74) is 3.99. The molecular formula is C26H30N4O4S. The Balaban J connectivity index is 1.41. The summed E-state index contributed by atoms with van der Waals surface area (Å²) in [6.45, 7) is 4.49. The second kappa shape index (κ2) is 9.47. The van der Waals surface area contributed by atoms with Gasteiger partial charge < -0.3 is 9.64 Å². The van der Waals surface area contributed by atoms with Gasteiger partial charge in [0.25, 0.3) is 5.91 Å². The van der Waals surface area contributed by atoms with Crippen molar-refractivity contribution in [2.24, 2.45) is 0 Å². The number of carbonyl (C=O) groups is 1. The van der Waals surface area contributed by atoms with Crippen molar-refractivity contribution < 1.29 is 17.9 Å². The third-order valence-electron chi connectivity index (χ3n) is 6.91. The molecule has 5 rings (SSSR count). The van der Waals surface area contributed by atoms with Gasteiger partial charge in [-0.05, 0) is 37.6 Å². The predicted octanol–water partition coefficient (Wildman–Crippen LogP) is 2.80. The summed E-state index contributed by atoms with van der Waals surface area (Å²) in [6, 6.07) is 15.6. The number of hydrogen-bond acceptors (Lipinski definition) is 6. The van der Waals surface area contributed by atoms with Gasteiger partial charge in [0.2, 0.25) is 0 Å². The molecule has 2 saturated heterocycles. The Morgan fingerprint density at radius 1 is 1.06 bits per heavy atom. The molecule has 8 nitrogen and oxygen atoms in total. The lowest BCUT2D eigenvalue weighted by atomic mass is 10.1. The Bertz CT molecular complexity index is 1330. The summed E-state index contributed by atoms with van der Waals surface area (Å²) in [5.74, 6) is 1.12. The number of amides is 1. The number of methoxy groups -OCH3 is 1. The fourth-order valence-electron chi connectivity index (χ4n) is 4.87. The number of ether oxygens (including phenoxy) is 1. The number of nitrogens with zero attached hydrogens (tertiary/aromatic N) is 4. The van der Waals surface area contributed by atoms with Crippen LogP contribution in [-0.2, 0) is 9.84 Å². The van der Waals surface area contributed by atoms with Crippen LogP contribution >= 0.6 is 0 Å². The molecule has 3 aromatic rings. The lowest BCUT2D eigenvalue weighted by Gasteiger charge is -2.37. The van der Waals surface area contributed by atoms with Crippen molar-refractivity contribution in [2.75, 3.05) is 44.8 Å². The van der Waals surface area contributed by atoms with Gasteiger partial charge in [0, 0.05) is 44.0 Å². The summed E-state index contributed by atoms with van der Waals surface area (Å²) in [6.07, 6.45) is 2.48. The molecule has 0 spiro atoms. The zero-order valence-corrected chi connectivity index (χ0v) is 20.9. The van der Waals surface area contributed by atoms with Crippen LogP contribution in [0.1, 0.15) is 22.3 Å². The minimum absolute atomic E-state index is 0.0638. The maximum Gasteiger partial charge on any atom is 0.257 e. The number of rotatable bonds is 5. The second-order valence-corrected chi connectivity index (χ2v) is 11.5. The van der Waals surface area contributed by atoms with Crippen LogP contribution in [0, 0.1) is 6.92 Å². The molecule has 1 atom stereocenters. The van der Waals surface area contributed by atoms with Gasteiger partial charge in [0.1, 0.15) is 11.4 Å². The number of carbonyl (C=O) groups excluding carboxylic acids is 1. The van der Waals surface area contributed by atoms with Crippen molar-refractivity contribution in [3.63, 3.8) is 0 Å². The Kier molecular flexibility index (Phi) is 6.37. The summed E-state index contributed by atoms with van der Waals surface area (Å²) < 4.78 is 30.9. The molecule has 0 bridgehead atoms. The smallest absolute Gasteiger partial charge is 0.257 e. The Morgan fingerprint density at radius 2 is 1.80 bits per heavy atom. The number of piperazine rings is 1. The molecule has 2 aliphatic heterocycles. The van der Waals surface area contributed by atoms with Crippen LogP contribution < -0.4 is 4.74 Å². The van der Waals surface area contributed by atoms with Crippen LogP contribution in [0.2, 0.25) is 0 Å². The normalized spacial score (nSPS) is 20.2. The molecule has 9 heteroatoms. The van der Waals surface area contributed by atoms with Crippen LogP contribution in [0.3, 0.4) is 0 Å². The van der Waals surface area contributed by atoms with Crippen molar-refractivity contribution in [2.45, 2.75) is 19.4 Å². The standard InChI is InChI=1S/C26H30N4O4S/c1-19-6-8-21(9-7-19)30-17-24(25(27-30)20-4-3-5-23(16-20)34-2)26(31)29-13-11-28(12-14-29)22-10-15-35(32,33)18-22/h3-9,16-17,22H,10-15,18H2,1-2H3/t22-/m0/s1. The van der Waals surface area contributed by atoms with Crippen molar-refractivity contribution in [1.29, 1.82) is 0 Å². The Hall–Kier alpha value is -3.17. The van der Waals surface area contributed by atoms with Gasteiger partial charge in [0.05, 0.1) is 29.9 Å². The number of sulfone groups is 1. The van der Waals surface area contributed by atoms with E-state index in [1.807, 2.05) is 60.4 Å². The topological polar surface area (TPSA) is 84.7 Å². The molecule has 2 aromatic carbocycles. The van der Waals surface area contributed by atoms with E-state index in [0.29, 0.717) is 49.6 Å². The summed E-state index contributed by atoms with van der Waals surface area (Å²) in [4.78, 5) is 17.8. The Morgan fingerprint density at radius 3 is 2.46 bits per heavy atom. The van der Waals surface area contributed by atoms with Crippen molar-refractivity contribution in [1.82, 2.24) is 19.6 Å². The minimum Gasteiger partial charge on any atom is -0.497 e. The molecule has 2 aliphatic rings. The zero-order chi connectivity index (χ0) is 24.6. The van der Waals surface area contributed by atoms with E-state index in [1.165, 1.54) is 0 Å². The fourth-order valence-corrected chi connectivity index (χ4v) is 6.63. The first-order chi connectivity index (χ1) is 16.8. The Labute approximate surface area is 206 Å². The first-order valence-electron chi connectivity index (χ1n) is 11.9. The van der Waals surface area contributed by atoms with Gasteiger partial charge in [-0.15, -0.1) is 0 Å². The SMILES string of the molecule is COc1cccc(-c2nn(-c3ccc(C)cc3)cc2C(=O)N2CCN([C@H]3CCS(=O)(=O)C3)CC2)c1. The van der Waals surface area contributed by atoms with Crippen LogP contribution in [0.15, 0.2) is 54.7 Å². The maximum absolute atomic E-state index is 13.7. The highest BCUT2D eigenvalue weighted by Crippen LogP contribution is 2.29. The zero-order valence-electron chi connectivity index (χ0n) is 20.1. The largest absolute Gasteiger partial charge is 0.497 e. The molecule has 2 fully saturated rings. The van der Waals surface area contributed by atoms with E-state index in [4.69, 9.17) is 9.84 Å². The van der Waals surface area contributed by atoms with Gasteiger partial charge >= 0.3 is 0 Å². The number of hydrogen-bond donors (Lipinski definition) is 0. The molecule has 0 saturated carbocycles. The number of benzene rings is 2. The van der Waals surface area contributed by atoms with Gasteiger partial charge in [-0.2, -0.15) is 5.10 Å². The van der Waals surface area contributed by atoms with E-state index in [-0.39, 0.29) is 23.5 Å². The summed E-state index contributed by atoms with van der Waals surface area (Å²) in [7, 11) is -1.31.